The summed E-state index contributed by atoms with van der Waals surface area (Å²) in [6, 6.07) is 12.5. The van der Waals surface area contributed by atoms with Gasteiger partial charge in [-0.15, -0.1) is 23.1 Å². The number of aryl methyl sites for hydroxylation is 1. The minimum absolute atomic E-state index is 0.705. The van der Waals surface area contributed by atoms with Gasteiger partial charge in [-0.3, -0.25) is 4.68 Å². The Bertz CT molecular complexity index is 712. The molecular weight excluding hydrogens is 286 g/mol. The Morgan fingerprint density at radius 1 is 1.20 bits per heavy atom. The van der Waals surface area contributed by atoms with Crippen molar-refractivity contribution in [1.82, 2.24) is 9.78 Å². The fourth-order valence-electron chi connectivity index (χ4n) is 2.15. The van der Waals surface area contributed by atoms with E-state index in [0.717, 1.165) is 21.7 Å². The molecule has 2 aromatic heterocycles. The third-order valence-electron chi connectivity index (χ3n) is 3.22. The Morgan fingerprint density at radius 2 is 1.95 bits per heavy atom. The van der Waals surface area contributed by atoms with Crippen molar-refractivity contribution in [1.29, 1.82) is 0 Å². The summed E-state index contributed by atoms with van der Waals surface area (Å²) in [4.78, 5) is 2.40. The number of thioether (sulfide) groups is 1. The quantitative estimate of drug-likeness (QED) is 0.740. The van der Waals surface area contributed by atoms with Crippen LogP contribution in [0, 0.1) is 0 Å². The smallest absolute Gasteiger partial charge is 0.130 e. The minimum Gasteiger partial charge on any atom is -0.383 e. The molecule has 0 radical (unpaired) electrons. The molecule has 0 saturated heterocycles. The summed E-state index contributed by atoms with van der Waals surface area (Å²) in [6.07, 6.45) is 2.07. The molecule has 3 rings (SSSR count). The van der Waals surface area contributed by atoms with E-state index < -0.39 is 0 Å². The number of nitrogen functional groups attached to an aromatic ring is 1. The number of rotatable bonds is 3. The summed E-state index contributed by atoms with van der Waals surface area (Å²) in [5, 5.41) is 6.64. The average molecular weight is 301 g/mol. The molecule has 1 aromatic carbocycles. The molecule has 3 nitrogen and oxygen atoms in total. The summed E-state index contributed by atoms with van der Waals surface area (Å²) in [5.74, 6) is 0.705. The van der Waals surface area contributed by atoms with Crippen LogP contribution in [-0.4, -0.2) is 16.0 Å². The molecule has 2 N–H and O–H groups in total. The number of aromatic nitrogens is 2. The molecule has 5 heteroatoms. The van der Waals surface area contributed by atoms with Gasteiger partial charge in [0.15, 0.2) is 0 Å². The first kappa shape index (κ1) is 13.3. The van der Waals surface area contributed by atoms with E-state index in [1.165, 1.54) is 4.90 Å². The molecular formula is C15H15N3S2. The second-order valence-corrected chi connectivity index (χ2v) is 6.27. The van der Waals surface area contributed by atoms with E-state index in [2.05, 4.69) is 47.1 Å². The Kier molecular flexibility index (Phi) is 3.54. The number of benzene rings is 1. The lowest BCUT2D eigenvalue weighted by Gasteiger charge is -2.03. The topological polar surface area (TPSA) is 43.8 Å². The Hall–Kier alpha value is -1.72. The number of anilines is 1. The summed E-state index contributed by atoms with van der Waals surface area (Å²) in [5.41, 5.74) is 9.26. The normalized spacial score (nSPS) is 10.9. The predicted octanol–water partition coefficient (Wildman–Crippen LogP) is 4.12. The van der Waals surface area contributed by atoms with Crippen molar-refractivity contribution in [3.8, 4) is 21.7 Å². The van der Waals surface area contributed by atoms with Crippen molar-refractivity contribution in [3.05, 3.63) is 41.8 Å². The SMILES string of the molecule is CSc1ccc(-c2nn(C)c(N)c2-c2cccs2)cc1. The summed E-state index contributed by atoms with van der Waals surface area (Å²) < 4.78 is 1.74. The van der Waals surface area contributed by atoms with Crippen molar-refractivity contribution in [2.75, 3.05) is 12.0 Å². The van der Waals surface area contributed by atoms with Gasteiger partial charge in [0, 0.05) is 22.4 Å². The highest BCUT2D eigenvalue weighted by Gasteiger charge is 2.17. The van der Waals surface area contributed by atoms with Crippen LogP contribution in [0.4, 0.5) is 5.82 Å². The van der Waals surface area contributed by atoms with Gasteiger partial charge >= 0.3 is 0 Å². The van der Waals surface area contributed by atoms with Crippen molar-refractivity contribution in [3.63, 3.8) is 0 Å². The third kappa shape index (κ3) is 2.23. The lowest BCUT2D eigenvalue weighted by atomic mass is 10.1. The second-order valence-electron chi connectivity index (χ2n) is 4.44. The van der Waals surface area contributed by atoms with E-state index >= 15 is 0 Å². The van der Waals surface area contributed by atoms with Crippen LogP contribution in [0.15, 0.2) is 46.7 Å². The van der Waals surface area contributed by atoms with Crippen molar-refractivity contribution in [2.24, 2.45) is 7.05 Å². The maximum atomic E-state index is 6.19. The van der Waals surface area contributed by atoms with Gasteiger partial charge in [-0.2, -0.15) is 5.10 Å². The van der Waals surface area contributed by atoms with Crippen LogP contribution >= 0.6 is 23.1 Å². The maximum Gasteiger partial charge on any atom is 0.130 e. The predicted molar refractivity (Wildman–Crippen MR) is 88.2 cm³/mol. The Morgan fingerprint density at radius 3 is 2.55 bits per heavy atom. The fraction of sp³-hybridized carbons (Fsp3) is 0.133. The lowest BCUT2D eigenvalue weighted by molar-refractivity contribution is 0.782. The van der Waals surface area contributed by atoms with Gasteiger partial charge in [-0.1, -0.05) is 18.2 Å². The second kappa shape index (κ2) is 5.34. The van der Waals surface area contributed by atoms with Gasteiger partial charge in [0.25, 0.3) is 0 Å². The zero-order chi connectivity index (χ0) is 14.1. The van der Waals surface area contributed by atoms with E-state index in [1.54, 1.807) is 27.8 Å². The zero-order valence-corrected chi connectivity index (χ0v) is 13.0. The van der Waals surface area contributed by atoms with Crippen molar-refractivity contribution >= 4 is 28.9 Å². The van der Waals surface area contributed by atoms with E-state index in [9.17, 15) is 0 Å². The van der Waals surface area contributed by atoms with Crippen LogP contribution in [0.5, 0.6) is 0 Å². The molecule has 0 fully saturated rings. The number of nitrogens with zero attached hydrogens (tertiary/aromatic N) is 2. The van der Waals surface area contributed by atoms with Crippen LogP contribution in [0.3, 0.4) is 0 Å². The first-order valence-electron chi connectivity index (χ1n) is 6.21. The molecule has 0 aliphatic rings. The monoisotopic (exact) mass is 301 g/mol. The first-order valence-corrected chi connectivity index (χ1v) is 8.32. The number of hydrogen-bond acceptors (Lipinski definition) is 4. The average Bonchev–Trinajstić information content (AvgIpc) is 3.08. The lowest BCUT2D eigenvalue weighted by Crippen LogP contribution is -1.97. The van der Waals surface area contributed by atoms with Gasteiger partial charge in [0.1, 0.15) is 11.5 Å². The van der Waals surface area contributed by atoms with Crippen LogP contribution in [0.1, 0.15) is 0 Å². The largest absolute Gasteiger partial charge is 0.383 e. The molecule has 0 atom stereocenters. The molecule has 0 saturated carbocycles. The van der Waals surface area contributed by atoms with Crippen LogP contribution in [0.25, 0.3) is 21.7 Å². The molecule has 102 valence electrons. The fourth-order valence-corrected chi connectivity index (χ4v) is 3.34. The van der Waals surface area contributed by atoms with Crippen LogP contribution < -0.4 is 5.73 Å². The zero-order valence-electron chi connectivity index (χ0n) is 11.3. The molecule has 0 spiro atoms. The molecule has 0 aliphatic carbocycles. The molecule has 0 unspecified atom stereocenters. The third-order valence-corrected chi connectivity index (χ3v) is 4.85. The maximum absolute atomic E-state index is 6.19. The highest BCUT2D eigenvalue weighted by atomic mass is 32.2. The first-order chi connectivity index (χ1) is 9.70. The van der Waals surface area contributed by atoms with Crippen molar-refractivity contribution in [2.45, 2.75) is 4.90 Å². The Labute approximate surface area is 126 Å². The molecule has 0 bridgehead atoms. The van der Waals surface area contributed by atoms with Gasteiger partial charge in [0.05, 0.1) is 5.56 Å². The highest BCUT2D eigenvalue weighted by molar-refractivity contribution is 7.98. The Balaban J connectivity index is 2.16. The number of nitrogens with two attached hydrogens (primary N) is 1. The molecule has 2 heterocycles. The summed E-state index contributed by atoms with van der Waals surface area (Å²) in [7, 11) is 1.88. The van der Waals surface area contributed by atoms with Crippen molar-refractivity contribution < 1.29 is 0 Å². The molecule has 3 aromatic rings. The minimum atomic E-state index is 0.705. The molecule has 0 amide bonds. The standard InChI is InChI=1S/C15H15N3S2/c1-18-15(16)13(12-4-3-9-20-12)14(17-18)10-5-7-11(19-2)8-6-10/h3-9H,16H2,1-2H3. The van der Waals surface area contributed by atoms with Crippen LogP contribution in [-0.2, 0) is 7.05 Å². The van der Waals surface area contributed by atoms with E-state index in [4.69, 9.17) is 5.73 Å². The van der Waals surface area contributed by atoms with Crippen LogP contribution in [0.2, 0.25) is 0 Å². The van der Waals surface area contributed by atoms with E-state index in [0.29, 0.717) is 5.82 Å². The summed E-state index contributed by atoms with van der Waals surface area (Å²) >= 11 is 3.42. The van der Waals surface area contributed by atoms with E-state index in [1.807, 2.05) is 13.1 Å². The van der Waals surface area contributed by atoms with Gasteiger partial charge in [0.2, 0.25) is 0 Å². The summed E-state index contributed by atoms with van der Waals surface area (Å²) in [6.45, 7) is 0. The highest BCUT2D eigenvalue weighted by Crippen LogP contribution is 2.38. The number of hydrogen-bond donors (Lipinski definition) is 1. The molecule has 20 heavy (non-hydrogen) atoms. The number of thiophene rings is 1. The van der Waals surface area contributed by atoms with Gasteiger partial charge < -0.3 is 5.73 Å². The van der Waals surface area contributed by atoms with E-state index in [-0.39, 0.29) is 0 Å². The molecule has 0 aliphatic heterocycles. The van der Waals surface area contributed by atoms with Gasteiger partial charge in [-0.25, -0.2) is 0 Å². The van der Waals surface area contributed by atoms with Gasteiger partial charge in [-0.05, 0) is 29.8 Å².